The van der Waals surface area contributed by atoms with E-state index in [9.17, 15) is 9.59 Å². The maximum atomic E-state index is 10.6. The van der Waals surface area contributed by atoms with Crippen LogP contribution in [0.25, 0.3) is 0 Å². The normalized spacial score (nSPS) is 25.2. The van der Waals surface area contributed by atoms with Crippen LogP contribution in [0.1, 0.15) is 12.8 Å². The van der Waals surface area contributed by atoms with Gasteiger partial charge in [-0.2, -0.15) is 0 Å². The molecule has 1 N–H and O–H groups in total. The first kappa shape index (κ1) is 7.05. The van der Waals surface area contributed by atoms with Crippen LogP contribution in [-0.4, -0.2) is 25.0 Å². The highest BCUT2D eigenvalue weighted by Crippen LogP contribution is 2.04. The average molecular weight is 143 g/mol. The fourth-order valence-electron chi connectivity index (χ4n) is 0.905. The van der Waals surface area contributed by atoms with Crippen LogP contribution in [0.15, 0.2) is 0 Å². The third kappa shape index (κ3) is 1.72. The molecule has 0 aromatic carbocycles. The molecule has 4 heteroatoms. The molecule has 1 atom stereocenters. The molecule has 0 spiro atoms. The molecule has 56 valence electrons. The zero-order valence-electron chi connectivity index (χ0n) is 5.50. The molecule has 0 aromatic rings. The average Bonchev–Trinajstić information content (AvgIpc) is 1.95. The second-order valence-corrected chi connectivity index (χ2v) is 2.20. The maximum absolute atomic E-state index is 10.6. The van der Waals surface area contributed by atoms with E-state index in [0.29, 0.717) is 25.9 Å². The molecule has 4 nitrogen and oxygen atoms in total. The molecule has 1 fully saturated rings. The van der Waals surface area contributed by atoms with Crippen LogP contribution in [-0.2, 0) is 14.3 Å². The third-order valence-electron chi connectivity index (χ3n) is 1.47. The second kappa shape index (κ2) is 3.20. The van der Waals surface area contributed by atoms with Crippen molar-refractivity contribution in [2.24, 2.45) is 0 Å². The lowest BCUT2D eigenvalue weighted by Crippen LogP contribution is -2.39. The molecule has 0 saturated carbocycles. The predicted octanol–water partition coefficient (Wildman–Crippen LogP) is -0.562. The van der Waals surface area contributed by atoms with Crippen molar-refractivity contribution in [2.45, 2.75) is 18.9 Å². The molecule has 1 aliphatic rings. The number of nitrogens with one attached hydrogen (secondary N) is 1. The molecule has 1 saturated heterocycles. The minimum Gasteiger partial charge on any atom is -0.463 e. The zero-order valence-corrected chi connectivity index (χ0v) is 5.50. The molecule has 1 aliphatic heterocycles. The summed E-state index contributed by atoms with van der Waals surface area (Å²) in [5.74, 6) is 0.0331. The van der Waals surface area contributed by atoms with Gasteiger partial charge in [-0.15, -0.1) is 0 Å². The van der Waals surface area contributed by atoms with Crippen LogP contribution in [0, 0.1) is 0 Å². The number of carbonyl (C=O) groups is 2. The van der Waals surface area contributed by atoms with Crippen LogP contribution < -0.4 is 5.32 Å². The number of ether oxygens (including phenoxy) is 1. The summed E-state index contributed by atoms with van der Waals surface area (Å²) in [6.07, 6.45) is 0.985. The van der Waals surface area contributed by atoms with Gasteiger partial charge in [-0.1, -0.05) is 0 Å². The van der Waals surface area contributed by atoms with Gasteiger partial charge in [0.15, 0.2) is 0 Å². The first-order valence-corrected chi connectivity index (χ1v) is 3.18. The SMILES string of the molecule is O=COC1CCC(=O)NC1. The summed E-state index contributed by atoms with van der Waals surface area (Å²) in [4.78, 5) is 20.4. The van der Waals surface area contributed by atoms with E-state index >= 15 is 0 Å². The number of rotatable bonds is 2. The van der Waals surface area contributed by atoms with E-state index in [1.165, 1.54) is 0 Å². The standard InChI is InChI=1S/C6H9NO3/c8-4-10-5-1-2-6(9)7-3-5/h4-5H,1-3H2,(H,7,9). The van der Waals surface area contributed by atoms with Gasteiger partial charge in [0.05, 0.1) is 6.54 Å². The first-order chi connectivity index (χ1) is 4.83. The van der Waals surface area contributed by atoms with Crippen LogP contribution in [0.4, 0.5) is 0 Å². The minimum absolute atomic E-state index is 0.0331. The van der Waals surface area contributed by atoms with Gasteiger partial charge < -0.3 is 10.1 Å². The van der Waals surface area contributed by atoms with Crippen molar-refractivity contribution < 1.29 is 14.3 Å². The first-order valence-electron chi connectivity index (χ1n) is 3.18. The van der Waals surface area contributed by atoms with Crippen LogP contribution in [0.5, 0.6) is 0 Å². The molecule has 0 bridgehead atoms. The van der Waals surface area contributed by atoms with E-state index in [-0.39, 0.29) is 12.0 Å². The smallest absolute Gasteiger partial charge is 0.293 e. The lowest BCUT2D eigenvalue weighted by Gasteiger charge is -2.19. The Morgan fingerprint density at radius 3 is 3.00 bits per heavy atom. The summed E-state index contributed by atoms with van der Waals surface area (Å²) in [6.45, 7) is 0.875. The monoisotopic (exact) mass is 143 g/mol. The molecule has 1 unspecified atom stereocenters. The number of amides is 1. The number of hydrogen-bond acceptors (Lipinski definition) is 3. The van der Waals surface area contributed by atoms with Crippen LogP contribution in [0.3, 0.4) is 0 Å². The summed E-state index contributed by atoms with van der Waals surface area (Å²) in [7, 11) is 0. The summed E-state index contributed by atoms with van der Waals surface area (Å²) in [5.41, 5.74) is 0. The molecule has 1 heterocycles. The Morgan fingerprint density at radius 2 is 2.50 bits per heavy atom. The van der Waals surface area contributed by atoms with Gasteiger partial charge >= 0.3 is 0 Å². The van der Waals surface area contributed by atoms with Crippen molar-refractivity contribution in [3.63, 3.8) is 0 Å². The van der Waals surface area contributed by atoms with Crippen molar-refractivity contribution in [3.05, 3.63) is 0 Å². The fourth-order valence-corrected chi connectivity index (χ4v) is 0.905. The zero-order chi connectivity index (χ0) is 7.40. The molecule has 10 heavy (non-hydrogen) atoms. The van der Waals surface area contributed by atoms with E-state index in [0.717, 1.165) is 0 Å². The predicted molar refractivity (Wildman–Crippen MR) is 33.2 cm³/mol. The fraction of sp³-hybridized carbons (Fsp3) is 0.667. The van der Waals surface area contributed by atoms with E-state index in [1.807, 2.05) is 0 Å². The Bertz CT molecular complexity index is 136. The third-order valence-corrected chi connectivity index (χ3v) is 1.47. The van der Waals surface area contributed by atoms with Crippen molar-refractivity contribution in [1.29, 1.82) is 0 Å². The highest BCUT2D eigenvalue weighted by molar-refractivity contribution is 5.76. The Labute approximate surface area is 58.5 Å². The molecular formula is C6H9NO3. The highest BCUT2D eigenvalue weighted by atomic mass is 16.5. The Hall–Kier alpha value is -1.06. The van der Waals surface area contributed by atoms with E-state index in [2.05, 4.69) is 10.1 Å². The highest BCUT2D eigenvalue weighted by Gasteiger charge is 2.17. The molecular weight excluding hydrogens is 134 g/mol. The summed E-state index contributed by atoms with van der Waals surface area (Å²) in [5, 5.41) is 2.59. The van der Waals surface area contributed by atoms with Crippen LogP contribution >= 0.6 is 0 Å². The largest absolute Gasteiger partial charge is 0.463 e. The summed E-state index contributed by atoms with van der Waals surface area (Å²) < 4.78 is 4.64. The lowest BCUT2D eigenvalue weighted by molar-refractivity contribution is -0.137. The Morgan fingerprint density at radius 1 is 1.70 bits per heavy atom. The van der Waals surface area contributed by atoms with E-state index in [1.54, 1.807) is 0 Å². The maximum Gasteiger partial charge on any atom is 0.293 e. The molecule has 1 rings (SSSR count). The van der Waals surface area contributed by atoms with Gasteiger partial charge in [0.1, 0.15) is 6.10 Å². The Kier molecular flexibility index (Phi) is 2.25. The second-order valence-electron chi connectivity index (χ2n) is 2.20. The van der Waals surface area contributed by atoms with Crippen LogP contribution in [0.2, 0.25) is 0 Å². The Balaban J connectivity index is 2.25. The number of piperidine rings is 1. The van der Waals surface area contributed by atoms with Gasteiger partial charge in [0.25, 0.3) is 6.47 Å². The number of carbonyl (C=O) groups excluding carboxylic acids is 2. The van der Waals surface area contributed by atoms with Gasteiger partial charge in [-0.3, -0.25) is 9.59 Å². The number of hydrogen-bond donors (Lipinski definition) is 1. The van der Waals surface area contributed by atoms with E-state index < -0.39 is 0 Å². The molecule has 0 radical (unpaired) electrons. The summed E-state index contributed by atoms with van der Waals surface area (Å²) >= 11 is 0. The van der Waals surface area contributed by atoms with Gasteiger partial charge in [0, 0.05) is 6.42 Å². The van der Waals surface area contributed by atoms with Gasteiger partial charge in [-0.25, -0.2) is 0 Å². The van der Waals surface area contributed by atoms with Crippen molar-refractivity contribution in [1.82, 2.24) is 5.32 Å². The minimum atomic E-state index is -0.116. The van der Waals surface area contributed by atoms with E-state index in [4.69, 9.17) is 0 Å². The van der Waals surface area contributed by atoms with Gasteiger partial charge in [0.2, 0.25) is 5.91 Å². The summed E-state index contributed by atoms with van der Waals surface area (Å²) in [6, 6.07) is 0. The lowest BCUT2D eigenvalue weighted by atomic mass is 10.1. The van der Waals surface area contributed by atoms with Crippen molar-refractivity contribution >= 4 is 12.4 Å². The molecule has 1 amide bonds. The topological polar surface area (TPSA) is 55.4 Å². The van der Waals surface area contributed by atoms with Crippen molar-refractivity contribution in [2.75, 3.05) is 6.54 Å². The van der Waals surface area contributed by atoms with Crippen molar-refractivity contribution in [3.8, 4) is 0 Å². The quantitative estimate of drug-likeness (QED) is 0.527. The molecule has 0 aromatic heterocycles. The van der Waals surface area contributed by atoms with Gasteiger partial charge in [-0.05, 0) is 6.42 Å². The molecule has 0 aliphatic carbocycles.